The monoisotopic (exact) mass is 626 g/mol. The predicted octanol–water partition coefficient (Wildman–Crippen LogP) is -2.98. The zero-order chi connectivity index (χ0) is 34.3. The molecule has 0 bridgehead atoms. The first-order chi connectivity index (χ1) is 20.0. The molecule has 0 amide bonds. The Morgan fingerprint density at radius 1 is 0.628 bits per heavy atom. The lowest BCUT2D eigenvalue weighted by molar-refractivity contribution is -0.138. The van der Waals surface area contributed by atoms with Crippen LogP contribution in [0, 0.1) is 10.8 Å². The van der Waals surface area contributed by atoms with E-state index in [1.54, 1.807) is 6.92 Å². The molecule has 18 nitrogen and oxygen atoms in total. The second-order valence-electron chi connectivity index (χ2n) is 8.39. The normalized spacial score (nSPS) is 14.0. The molecule has 0 spiro atoms. The van der Waals surface area contributed by atoms with Crippen LogP contribution in [0.4, 0.5) is 0 Å². The Labute approximate surface area is 244 Å². The van der Waals surface area contributed by atoms with E-state index in [4.69, 9.17) is 50.7 Å². The molecular formula is C25H38O18. The fourth-order valence-corrected chi connectivity index (χ4v) is 2.55. The standard InChI is InChI=1S/C17H20O12.C5H12O4.C3H6O2/c18-9-16(10-19,11(20)1-2-12(21)22)17(6-3-13(23)24,7-4-14(25)26)29-8-5-15(27)28;6-1-5(2-7,3-8)4-9;1-2-3(4)5/h1-8,11,18-20H,9-10H2,(H,21,22)(H,23,24)(H,25,26)(H,27,28);6-9H,1-4H2;2H2,1H3,(H,4,5). The van der Waals surface area contributed by atoms with Crippen LogP contribution in [-0.2, 0) is 28.7 Å². The molecule has 0 radical (unpaired) electrons. The Balaban J connectivity index is -0.000000936. The van der Waals surface area contributed by atoms with Gasteiger partial charge in [-0.05, 0) is 18.2 Å². The van der Waals surface area contributed by atoms with E-state index in [0.717, 1.165) is 0 Å². The lowest BCUT2D eigenvalue weighted by atomic mass is 9.67. The fourth-order valence-electron chi connectivity index (χ4n) is 2.55. The number of carboxylic acid groups (broad SMARTS) is 5. The third-order valence-electron chi connectivity index (χ3n) is 5.39. The molecule has 1 unspecified atom stereocenters. The Bertz CT molecular complexity index is 947. The maximum absolute atomic E-state index is 11.0. The molecule has 0 saturated carbocycles. The summed E-state index contributed by atoms with van der Waals surface area (Å²) in [6.07, 6.45) is 2.44. The van der Waals surface area contributed by atoms with Gasteiger partial charge in [-0.3, -0.25) is 4.79 Å². The van der Waals surface area contributed by atoms with E-state index in [1.807, 2.05) is 0 Å². The first-order valence-electron chi connectivity index (χ1n) is 11.9. The number of hydrogen-bond acceptors (Lipinski definition) is 13. The van der Waals surface area contributed by atoms with E-state index in [9.17, 15) is 39.3 Å². The maximum atomic E-state index is 11.0. The molecule has 0 aliphatic heterocycles. The molecule has 0 rings (SSSR count). The average molecular weight is 627 g/mol. The molecule has 43 heavy (non-hydrogen) atoms. The van der Waals surface area contributed by atoms with Gasteiger partial charge in [0.05, 0.1) is 68.9 Å². The predicted molar refractivity (Wildman–Crippen MR) is 142 cm³/mol. The molecule has 1 atom stereocenters. The van der Waals surface area contributed by atoms with E-state index in [1.165, 1.54) is 0 Å². The van der Waals surface area contributed by atoms with Gasteiger partial charge in [-0.25, -0.2) is 19.2 Å². The third-order valence-corrected chi connectivity index (χ3v) is 5.39. The molecule has 0 aliphatic carbocycles. The molecule has 0 aromatic rings. The Morgan fingerprint density at radius 3 is 1.21 bits per heavy atom. The van der Waals surface area contributed by atoms with Crippen LogP contribution in [0.15, 0.2) is 48.8 Å². The number of hydrogen-bond donors (Lipinski definition) is 12. The van der Waals surface area contributed by atoms with Gasteiger partial charge in [0.1, 0.15) is 0 Å². The summed E-state index contributed by atoms with van der Waals surface area (Å²) in [5, 5.41) is 107. The van der Waals surface area contributed by atoms with Crippen LogP contribution in [0.25, 0.3) is 0 Å². The van der Waals surface area contributed by atoms with Gasteiger partial charge in [0.2, 0.25) is 0 Å². The number of aliphatic hydroxyl groups is 7. The molecule has 12 N–H and O–H groups in total. The minimum absolute atomic E-state index is 0.222. The van der Waals surface area contributed by atoms with E-state index in [-0.39, 0.29) is 6.42 Å². The third kappa shape index (κ3) is 16.2. The second-order valence-corrected chi connectivity index (χ2v) is 8.39. The minimum Gasteiger partial charge on any atom is -0.485 e. The molecule has 246 valence electrons. The van der Waals surface area contributed by atoms with Crippen molar-refractivity contribution in [3.8, 4) is 0 Å². The number of carbonyl (C=O) groups is 5. The van der Waals surface area contributed by atoms with Crippen LogP contribution >= 0.6 is 0 Å². The van der Waals surface area contributed by atoms with Crippen molar-refractivity contribution in [1.29, 1.82) is 0 Å². The summed E-state index contributed by atoms with van der Waals surface area (Å²) in [5.74, 6) is -6.89. The summed E-state index contributed by atoms with van der Waals surface area (Å²) < 4.78 is 5.19. The molecule has 0 aromatic carbocycles. The number of aliphatic carboxylic acids is 5. The second kappa shape index (κ2) is 22.4. The van der Waals surface area contributed by atoms with Crippen molar-refractivity contribution in [3.63, 3.8) is 0 Å². The summed E-state index contributed by atoms with van der Waals surface area (Å²) >= 11 is 0. The minimum atomic E-state index is -2.44. The lowest BCUT2D eigenvalue weighted by Gasteiger charge is -2.46. The molecule has 18 heteroatoms. The van der Waals surface area contributed by atoms with Crippen molar-refractivity contribution < 1.29 is 90.0 Å². The number of carboxylic acids is 5. The van der Waals surface area contributed by atoms with E-state index in [0.29, 0.717) is 48.8 Å². The smallest absolute Gasteiger partial charge is 0.331 e. The van der Waals surface area contributed by atoms with Crippen LogP contribution in [0.5, 0.6) is 0 Å². The highest BCUT2D eigenvalue weighted by molar-refractivity contribution is 5.82. The number of rotatable bonds is 18. The van der Waals surface area contributed by atoms with E-state index in [2.05, 4.69) is 0 Å². The zero-order valence-electron chi connectivity index (χ0n) is 23.0. The number of ether oxygens (including phenoxy) is 1. The zero-order valence-corrected chi connectivity index (χ0v) is 23.0. The van der Waals surface area contributed by atoms with Crippen LogP contribution in [0.3, 0.4) is 0 Å². The highest BCUT2D eigenvalue weighted by Gasteiger charge is 2.54. The molecule has 0 heterocycles. The molecular weight excluding hydrogens is 588 g/mol. The highest BCUT2D eigenvalue weighted by atomic mass is 16.5. The molecule has 0 aromatic heterocycles. The van der Waals surface area contributed by atoms with Crippen LogP contribution in [-0.4, -0.2) is 142 Å². The fraction of sp³-hybridized carbons (Fsp3) is 0.480. The van der Waals surface area contributed by atoms with Gasteiger partial charge in [0, 0.05) is 24.6 Å². The summed E-state index contributed by atoms with van der Waals surface area (Å²) in [4.78, 5) is 52.8. The first kappa shape index (κ1) is 43.3. The molecule has 0 saturated heterocycles. The summed E-state index contributed by atoms with van der Waals surface area (Å²) in [6, 6.07) is 0. The highest BCUT2D eigenvalue weighted by Crippen LogP contribution is 2.41. The Kier molecular flexibility index (Phi) is 22.6. The van der Waals surface area contributed by atoms with Crippen molar-refractivity contribution in [2.75, 3.05) is 39.6 Å². The van der Waals surface area contributed by atoms with Gasteiger partial charge in [-0.2, -0.15) is 0 Å². The van der Waals surface area contributed by atoms with Gasteiger partial charge in [-0.1, -0.05) is 6.92 Å². The topological polar surface area (TPSA) is 337 Å². The van der Waals surface area contributed by atoms with Gasteiger partial charge in [0.25, 0.3) is 0 Å². The van der Waals surface area contributed by atoms with Crippen molar-refractivity contribution in [2.45, 2.75) is 25.0 Å². The summed E-state index contributed by atoms with van der Waals surface area (Å²) in [7, 11) is 0. The van der Waals surface area contributed by atoms with Crippen LogP contribution < -0.4 is 0 Å². The Morgan fingerprint density at radius 2 is 0.977 bits per heavy atom. The van der Waals surface area contributed by atoms with Crippen molar-refractivity contribution >= 4 is 29.8 Å². The van der Waals surface area contributed by atoms with Gasteiger partial charge in [0.15, 0.2) is 5.60 Å². The first-order valence-corrected chi connectivity index (χ1v) is 11.9. The SMILES string of the molecule is CCC(=O)O.O=C(O)C=COC(C=CC(=O)O)(C=CC(=O)O)C(CO)(CO)C(O)C=CC(=O)O.OCC(CO)(CO)CO. The number of aliphatic hydroxyl groups excluding tert-OH is 7. The van der Waals surface area contributed by atoms with Gasteiger partial charge < -0.3 is 66.0 Å². The quantitative estimate of drug-likeness (QED) is 0.0533. The largest absolute Gasteiger partial charge is 0.485 e. The van der Waals surface area contributed by atoms with E-state index < -0.39 is 92.0 Å². The van der Waals surface area contributed by atoms with Crippen molar-refractivity contribution in [1.82, 2.24) is 0 Å². The van der Waals surface area contributed by atoms with Crippen molar-refractivity contribution in [3.05, 3.63) is 48.8 Å². The van der Waals surface area contributed by atoms with E-state index >= 15 is 0 Å². The van der Waals surface area contributed by atoms with Crippen LogP contribution in [0.1, 0.15) is 13.3 Å². The summed E-state index contributed by atoms with van der Waals surface area (Å²) in [5.41, 5.74) is -5.90. The van der Waals surface area contributed by atoms with Gasteiger partial charge >= 0.3 is 29.8 Å². The lowest BCUT2D eigenvalue weighted by Crippen LogP contribution is -2.58. The average Bonchev–Trinajstić information content (AvgIpc) is 2.96. The maximum Gasteiger partial charge on any atom is 0.331 e. The molecule has 0 fully saturated rings. The van der Waals surface area contributed by atoms with Gasteiger partial charge in [-0.15, -0.1) is 0 Å². The molecule has 0 aliphatic rings. The van der Waals surface area contributed by atoms with Crippen LogP contribution in [0.2, 0.25) is 0 Å². The van der Waals surface area contributed by atoms with Crippen molar-refractivity contribution in [2.24, 2.45) is 10.8 Å². The summed E-state index contributed by atoms with van der Waals surface area (Å²) in [6.45, 7) is -2.38. The Hall–Kier alpha value is -4.17.